The van der Waals surface area contributed by atoms with Gasteiger partial charge in [0.05, 0.1) is 12.1 Å². The highest BCUT2D eigenvalue weighted by molar-refractivity contribution is 5.92. The van der Waals surface area contributed by atoms with Gasteiger partial charge in [-0.1, -0.05) is 24.2 Å². The lowest BCUT2D eigenvalue weighted by atomic mass is 9.99. The minimum atomic E-state index is -0.113. The van der Waals surface area contributed by atoms with Gasteiger partial charge >= 0.3 is 0 Å². The Labute approximate surface area is 115 Å². The van der Waals surface area contributed by atoms with E-state index in [2.05, 4.69) is 20.5 Å². The van der Waals surface area contributed by atoms with Gasteiger partial charge in [-0.3, -0.25) is 9.48 Å². The Balaban J connectivity index is 1.62. The van der Waals surface area contributed by atoms with E-state index in [4.69, 9.17) is 4.52 Å². The molecular formula is C12H16N6O2. The van der Waals surface area contributed by atoms with Crippen LogP contribution < -0.4 is 0 Å². The highest BCUT2D eigenvalue weighted by atomic mass is 16.5. The molecule has 0 aromatic carbocycles. The summed E-state index contributed by atoms with van der Waals surface area (Å²) in [4.78, 5) is 18.1. The first-order chi connectivity index (χ1) is 9.54. The molecule has 1 amide bonds. The molecule has 0 saturated carbocycles. The average molecular weight is 276 g/mol. The number of nitrogens with zero attached hydrogens (tertiary/aromatic N) is 6. The Morgan fingerprint density at radius 1 is 1.45 bits per heavy atom. The molecule has 2 aromatic heterocycles. The zero-order chi connectivity index (χ0) is 14.3. The van der Waals surface area contributed by atoms with Crippen molar-refractivity contribution >= 4 is 5.91 Å². The molecule has 1 fully saturated rings. The number of likely N-dealkylation sites (tertiary alicyclic amines) is 1. The van der Waals surface area contributed by atoms with Gasteiger partial charge in [0, 0.05) is 26.1 Å². The lowest BCUT2D eigenvalue weighted by Crippen LogP contribution is -2.48. The number of carbonyl (C=O) groups is 1. The molecule has 1 aliphatic heterocycles. The minimum absolute atomic E-state index is 0.113. The molecule has 1 aliphatic rings. The zero-order valence-corrected chi connectivity index (χ0v) is 11.6. The summed E-state index contributed by atoms with van der Waals surface area (Å²) in [6.07, 6.45) is 1.61. The number of rotatable bonds is 3. The molecule has 3 rings (SSSR count). The number of hydrogen-bond acceptors (Lipinski definition) is 6. The van der Waals surface area contributed by atoms with Gasteiger partial charge in [0.15, 0.2) is 11.5 Å². The zero-order valence-electron chi connectivity index (χ0n) is 11.6. The van der Waals surface area contributed by atoms with Crippen molar-refractivity contribution in [2.75, 3.05) is 13.1 Å². The lowest BCUT2D eigenvalue weighted by Gasteiger charge is -2.36. The van der Waals surface area contributed by atoms with Crippen LogP contribution in [0.4, 0.5) is 0 Å². The molecule has 106 valence electrons. The molecule has 0 unspecified atom stereocenters. The Morgan fingerprint density at radius 3 is 2.75 bits per heavy atom. The first-order valence-corrected chi connectivity index (χ1v) is 6.53. The molecule has 0 aliphatic carbocycles. The van der Waals surface area contributed by atoms with Gasteiger partial charge in [-0.15, -0.1) is 5.10 Å². The molecule has 0 N–H and O–H groups in total. The van der Waals surface area contributed by atoms with Crippen LogP contribution in [0.2, 0.25) is 0 Å². The van der Waals surface area contributed by atoms with E-state index in [0.717, 1.165) is 0 Å². The van der Waals surface area contributed by atoms with Crippen LogP contribution in [0, 0.1) is 0 Å². The van der Waals surface area contributed by atoms with E-state index in [1.807, 2.05) is 13.8 Å². The number of aryl methyl sites for hydroxylation is 1. The van der Waals surface area contributed by atoms with E-state index in [9.17, 15) is 4.79 Å². The van der Waals surface area contributed by atoms with Crippen LogP contribution in [0.1, 0.15) is 47.9 Å². The van der Waals surface area contributed by atoms with Crippen LogP contribution >= 0.6 is 0 Å². The van der Waals surface area contributed by atoms with Gasteiger partial charge < -0.3 is 9.42 Å². The molecule has 0 bridgehead atoms. The Morgan fingerprint density at radius 2 is 2.20 bits per heavy atom. The van der Waals surface area contributed by atoms with Gasteiger partial charge in [-0.2, -0.15) is 4.98 Å². The normalized spacial score (nSPS) is 15.7. The first-order valence-electron chi connectivity index (χ1n) is 6.53. The van der Waals surface area contributed by atoms with E-state index in [-0.39, 0.29) is 17.7 Å². The molecule has 1 saturated heterocycles. The lowest BCUT2D eigenvalue weighted by molar-refractivity contribution is 0.0563. The van der Waals surface area contributed by atoms with Crippen molar-refractivity contribution in [2.24, 2.45) is 7.05 Å². The third-order valence-corrected chi connectivity index (χ3v) is 3.31. The molecule has 3 heterocycles. The SMILES string of the molecule is CC(C)c1noc(C2CN(C(=O)c3cn(C)nn3)C2)n1. The second-order valence-corrected chi connectivity index (χ2v) is 5.33. The molecule has 2 aromatic rings. The number of amides is 1. The maximum absolute atomic E-state index is 12.1. The van der Waals surface area contributed by atoms with Crippen LogP contribution in [0.25, 0.3) is 0 Å². The van der Waals surface area contributed by atoms with E-state index >= 15 is 0 Å². The highest BCUT2D eigenvalue weighted by Gasteiger charge is 2.36. The predicted molar refractivity (Wildman–Crippen MR) is 68.0 cm³/mol. The average Bonchev–Trinajstić information content (AvgIpc) is 2.96. The van der Waals surface area contributed by atoms with Crippen LogP contribution in [0.5, 0.6) is 0 Å². The van der Waals surface area contributed by atoms with Gasteiger partial charge in [0.2, 0.25) is 5.89 Å². The molecule has 8 nitrogen and oxygen atoms in total. The summed E-state index contributed by atoms with van der Waals surface area (Å²) >= 11 is 0. The highest BCUT2D eigenvalue weighted by Crippen LogP contribution is 2.27. The second kappa shape index (κ2) is 4.69. The fraction of sp³-hybridized carbons (Fsp3) is 0.583. The molecule has 8 heteroatoms. The van der Waals surface area contributed by atoms with Crippen molar-refractivity contribution < 1.29 is 9.32 Å². The monoisotopic (exact) mass is 276 g/mol. The van der Waals surface area contributed by atoms with Crippen molar-refractivity contribution in [3.05, 3.63) is 23.6 Å². The van der Waals surface area contributed by atoms with E-state index in [0.29, 0.717) is 30.5 Å². The number of carbonyl (C=O) groups excluding carboxylic acids is 1. The van der Waals surface area contributed by atoms with E-state index < -0.39 is 0 Å². The van der Waals surface area contributed by atoms with E-state index in [1.54, 1.807) is 18.1 Å². The van der Waals surface area contributed by atoms with Gasteiger partial charge in [0.1, 0.15) is 0 Å². The topological polar surface area (TPSA) is 89.9 Å². The summed E-state index contributed by atoms with van der Waals surface area (Å²) in [5, 5.41) is 11.5. The number of aromatic nitrogens is 5. The molecule has 0 radical (unpaired) electrons. The summed E-state index contributed by atoms with van der Waals surface area (Å²) in [7, 11) is 1.73. The first kappa shape index (κ1) is 12.8. The number of hydrogen-bond donors (Lipinski definition) is 0. The van der Waals surface area contributed by atoms with Crippen LogP contribution in [0.15, 0.2) is 10.7 Å². The molecule has 0 atom stereocenters. The maximum Gasteiger partial charge on any atom is 0.276 e. The predicted octanol–water partition coefficient (Wildman–Crippen LogP) is 0.561. The quantitative estimate of drug-likeness (QED) is 0.813. The molecule has 20 heavy (non-hydrogen) atoms. The fourth-order valence-corrected chi connectivity index (χ4v) is 2.06. The summed E-state index contributed by atoms with van der Waals surface area (Å²) < 4.78 is 6.75. The molecular weight excluding hydrogens is 260 g/mol. The molecule has 0 spiro atoms. The summed E-state index contributed by atoms with van der Waals surface area (Å²) in [5.41, 5.74) is 0.361. The maximum atomic E-state index is 12.1. The van der Waals surface area contributed by atoms with Crippen molar-refractivity contribution in [3.8, 4) is 0 Å². The van der Waals surface area contributed by atoms with E-state index in [1.165, 1.54) is 4.68 Å². The van der Waals surface area contributed by atoms with Crippen LogP contribution in [0.3, 0.4) is 0 Å². The third kappa shape index (κ3) is 2.17. The van der Waals surface area contributed by atoms with Crippen molar-refractivity contribution in [2.45, 2.75) is 25.7 Å². The fourth-order valence-electron chi connectivity index (χ4n) is 2.06. The standard InChI is InChI=1S/C12H16N6O2/c1-7(2)10-13-11(20-15-10)8-4-18(5-8)12(19)9-6-17(3)16-14-9/h6-8H,4-5H2,1-3H3. The van der Waals surface area contributed by atoms with Gasteiger partial charge in [-0.05, 0) is 0 Å². The van der Waals surface area contributed by atoms with Gasteiger partial charge in [-0.25, -0.2) is 0 Å². The van der Waals surface area contributed by atoms with Crippen molar-refractivity contribution in [1.29, 1.82) is 0 Å². The largest absolute Gasteiger partial charge is 0.339 e. The van der Waals surface area contributed by atoms with Crippen LogP contribution in [-0.2, 0) is 7.05 Å². The summed E-state index contributed by atoms with van der Waals surface area (Å²) in [5.74, 6) is 1.56. The van der Waals surface area contributed by atoms with Crippen LogP contribution in [-0.4, -0.2) is 49.0 Å². The third-order valence-electron chi connectivity index (χ3n) is 3.31. The van der Waals surface area contributed by atoms with Gasteiger partial charge in [0.25, 0.3) is 5.91 Å². The summed E-state index contributed by atoms with van der Waals surface area (Å²) in [6.45, 7) is 5.18. The Hall–Kier alpha value is -2.25. The Bertz CT molecular complexity index is 625. The summed E-state index contributed by atoms with van der Waals surface area (Å²) in [6, 6.07) is 0. The van der Waals surface area contributed by atoms with Crippen molar-refractivity contribution in [1.82, 2.24) is 30.0 Å². The second-order valence-electron chi connectivity index (χ2n) is 5.33. The smallest absolute Gasteiger partial charge is 0.276 e. The Kier molecular flexibility index (Phi) is 3.00. The minimum Gasteiger partial charge on any atom is -0.339 e. The van der Waals surface area contributed by atoms with Crippen molar-refractivity contribution in [3.63, 3.8) is 0 Å².